The van der Waals surface area contributed by atoms with Crippen LogP contribution in [0.15, 0.2) is 4.42 Å². The zero-order chi connectivity index (χ0) is 17.3. The lowest BCUT2D eigenvalue weighted by Crippen LogP contribution is -2.51. The van der Waals surface area contributed by atoms with Gasteiger partial charge >= 0.3 is 5.97 Å². The summed E-state index contributed by atoms with van der Waals surface area (Å²) in [5.41, 5.74) is 1.07. The fourth-order valence-electron chi connectivity index (χ4n) is 5.23. The second kappa shape index (κ2) is 4.94. The number of carbonyl (C=O) groups excluding carboxylic acids is 2. The number of rotatable bonds is 3. The first kappa shape index (κ1) is 15.9. The Morgan fingerprint density at radius 3 is 2.58 bits per heavy atom. The highest BCUT2D eigenvalue weighted by atomic mass is 16.5. The van der Waals surface area contributed by atoms with E-state index in [0.29, 0.717) is 29.5 Å². The number of esters is 1. The molecule has 1 aromatic rings. The second-order valence-electron chi connectivity index (χ2n) is 7.87. The highest BCUT2D eigenvalue weighted by Gasteiger charge is 2.75. The van der Waals surface area contributed by atoms with Gasteiger partial charge in [-0.15, -0.1) is 0 Å². The minimum Gasteiger partial charge on any atom is -0.460 e. The molecule has 0 aliphatic heterocycles. The lowest BCUT2D eigenvalue weighted by Gasteiger charge is -2.51. The molecular weight excluding hydrogens is 306 g/mol. The van der Waals surface area contributed by atoms with Gasteiger partial charge in [-0.25, -0.2) is 4.79 Å². The average molecular weight is 331 g/mol. The molecule has 0 saturated heterocycles. The van der Waals surface area contributed by atoms with E-state index in [9.17, 15) is 9.59 Å². The molecule has 5 nitrogen and oxygen atoms in total. The maximum absolute atomic E-state index is 13.5. The molecule has 2 spiro atoms. The van der Waals surface area contributed by atoms with Gasteiger partial charge in [-0.05, 0) is 52.6 Å². The molecule has 2 saturated carbocycles. The molecule has 24 heavy (non-hydrogen) atoms. The second-order valence-corrected chi connectivity index (χ2v) is 7.87. The molecule has 130 valence electrons. The van der Waals surface area contributed by atoms with Crippen molar-refractivity contribution in [1.29, 1.82) is 0 Å². The molecule has 3 aliphatic rings. The third-order valence-corrected chi connectivity index (χ3v) is 6.62. The molecule has 0 bridgehead atoms. The summed E-state index contributed by atoms with van der Waals surface area (Å²) in [7, 11) is 4.11. The SMILES string of the molecule is CCOC(=O)c1oc2c(c1C)C(=O)C1(CC1N(C)C)C1(CCC1)C2. The molecule has 4 rings (SSSR count). The molecule has 5 heteroatoms. The van der Waals surface area contributed by atoms with E-state index in [2.05, 4.69) is 19.0 Å². The first-order valence-electron chi connectivity index (χ1n) is 8.88. The Hall–Kier alpha value is -1.62. The number of carbonyl (C=O) groups is 2. The van der Waals surface area contributed by atoms with Crippen molar-refractivity contribution < 1.29 is 18.7 Å². The zero-order valence-corrected chi connectivity index (χ0v) is 14.9. The van der Waals surface area contributed by atoms with Crippen molar-refractivity contribution in [2.45, 2.75) is 52.0 Å². The van der Waals surface area contributed by atoms with Crippen molar-refractivity contribution in [1.82, 2.24) is 4.90 Å². The standard InChI is InChI=1S/C19H25NO4/c1-5-23-17(22)15-11(2)14-12(24-15)9-18(7-6-8-18)19(16(14)21)10-13(19)20(3)4/h13H,5-10H2,1-4H3. The van der Waals surface area contributed by atoms with Crippen LogP contribution in [0.25, 0.3) is 0 Å². The van der Waals surface area contributed by atoms with E-state index >= 15 is 0 Å². The Kier molecular flexibility index (Phi) is 3.27. The van der Waals surface area contributed by atoms with Crippen LogP contribution in [-0.4, -0.2) is 43.4 Å². The highest BCUT2D eigenvalue weighted by molar-refractivity contribution is 6.08. The number of ketones is 1. The van der Waals surface area contributed by atoms with Gasteiger partial charge in [-0.3, -0.25) is 4.79 Å². The summed E-state index contributed by atoms with van der Waals surface area (Å²) in [5.74, 6) is 0.645. The molecule has 0 aromatic carbocycles. The molecule has 2 atom stereocenters. The number of nitrogens with zero attached hydrogens (tertiary/aromatic N) is 1. The zero-order valence-electron chi connectivity index (χ0n) is 14.9. The predicted octanol–water partition coefficient (Wildman–Crippen LogP) is 2.99. The highest BCUT2D eigenvalue weighted by Crippen LogP contribution is 2.72. The Labute approximate surface area is 142 Å². The van der Waals surface area contributed by atoms with Gasteiger partial charge in [0.05, 0.1) is 17.6 Å². The third-order valence-electron chi connectivity index (χ3n) is 6.62. The van der Waals surface area contributed by atoms with Crippen LogP contribution < -0.4 is 0 Å². The molecule has 1 heterocycles. The van der Waals surface area contributed by atoms with Crippen LogP contribution in [0, 0.1) is 17.8 Å². The van der Waals surface area contributed by atoms with Gasteiger partial charge in [0.2, 0.25) is 5.76 Å². The maximum atomic E-state index is 13.5. The van der Waals surface area contributed by atoms with E-state index in [0.717, 1.165) is 25.7 Å². The first-order chi connectivity index (χ1) is 11.4. The van der Waals surface area contributed by atoms with Gasteiger partial charge in [-0.2, -0.15) is 0 Å². The number of Topliss-reactive ketones (excluding diaryl/α,β-unsaturated/α-hetero) is 1. The van der Waals surface area contributed by atoms with Crippen LogP contribution in [-0.2, 0) is 11.2 Å². The summed E-state index contributed by atoms with van der Waals surface area (Å²) in [4.78, 5) is 27.8. The predicted molar refractivity (Wildman–Crippen MR) is 88.2 cm³/mol. The first-order valence-corrected chi connectivity index (χ1v) is 8.88. The van der Waals surface area contributed by atoms with E-state index in [1.54, 1.807) is 6.92 Å². The minimum absolute atomic E-state index is 0.0300. The molecule has 0 radical (unpaired) electrons. The number of hydrogen-bond acceptors (Lipinski definition) is 5. The van der Waals surface area contributed by atoms with Crippen LogP contribution in [0.5, 0.6) is 0 Å². The van der Waals surface area contributed by atoms with Crippen molar-refractivity contribution in [2.75, 3.05) is 20.7 Å². The quantitative estimate of drug-likeness (QED) is 0.797. The Bertz CT molecular complexity index is 728. The average Bonchev–Trinajstić information content (AvgIpc) is 3.15. The van der Waals surface area contributed by atoms with Crippen molar-refractivity contribution in [3.05, 3.63) is 22.6 Å². The molecule has 2 unspecified atom stereocenters. The minimum atomic E-state index is -0.464. The van der Waals surface area contributed by atoms with Gasteiger partial charge < -0.3 is 14.1 Å². The smallest absolute Gasteiger partial charge is 0.374 e. The van der Waals surface area contributed by atoms with Crippen molar-refractivity contribution in [3.63, 3.8) is 0 Å². The van der Waals surface area contributed by atoms with Crippen LogP contribution >= 0.6 is 0 Å². The molecule has 0 amide bonds. The molecule has 2 fully saturated rings. The van der Waals surface area contributed by atoms with Crippen molar-refractivity contribution >= 4 is 11.8 Å². The molecule has 3 aliphatic carbocycles. The molecule has 1 aromatic heterocycles. The summed E-state index contributed by atoms with van der Waals surface area (Å²) in [5, 5.41) is 0. The van der Waals surface area contributed by atoms with E-state index < -0.39 is 5.97 Å². The van der Waals surface area contributed by atoms with E-state index in [1.807, 2.05) is 6.92 Å². The summed E-state index contributed by atoms with van der Waals surface area (Å²) in [6.45, 7) is 3.88. The Morgan fingerprint density at radius 2 is 2.08 bits per heavy atom. The summed E-state index contributed by atoms with van der Waals surface area (Å²) in [6, 6.07) is 0.304. The van der Waals surface area contributed by atoms with E-state index in [1.165, 1.54) is 6.42 Å². The largest absolute Gasteiger partial charge is 0.460 e. The van der Waals surface area contributed by atoms with Crippen molar-refractivity contribution in [2.24, 2.45) is 10.8 Å². The number of ether oxygens (including phenoxy) is 1. The van der Waals surface area contributed by atoms with Crippen LogP contribution in [0.3, 0.4) is 0 Å². The molecular formula is C19H25NO4. The van der Waals surface area contributed by atoms with Gasteiger partial charge in [0.1, 0.15) is 5.76 Å². The lowest BCUT2D eigenvalue weighted by atomic mass is 9.52. The lowest BCUT2D eigenvalue weighted by molar-refractivity contribution is 0.00654. The normalized spacial score (nSPS) is 29.7. The summed E-state index contributed by atoms with van der Waals surface area (Å²) < 4.78 is 10.9. The van der Waals surface area contributed by atoms with Crippen molar-refractivity contribution in [3.8, 4) is 0 Å². The monoisotopic (exact) mass is 331 g/mol. The number of furan rings is 1. The summed E-state index contributed by atoms with van der Waals surface area (Å²) >= 11 is 0. The topological polar surface area (TPSA) is 59.8 Å². The van der Waals surface area contributed by atoms with Gasteiger partial charge in [0, 0.05) is 18.0 Å². The van der Waals surface area contributed by atoms with Crippen LogP contribution in [0.2, 0.25) is 0 Å². The molecule has 0 N–H and O–H groups in total. The number of fused-ring (bicyclic) bond motifs is 2. The van der Waals surface area contributed by atoms with Gasteiger partial charge in [0.15, 0.2) is 5.78 Å². The Balaban J connectivity index is 1.80. The fraction of sp³-hybridized carbons (Fsp3) is 0.684. The Morgan fingerprint density at radius 1 is 1.38 bits per heavy atom. The van der Waals surface area contributed by atoms with Crippen LogP contribution in [0.4, 0.5) is 0 Å². The van der Waals surface area contributed by atoms with E-state index in [-0.39, 0.29) is 22.4 Å². The van der Waals surface area contributed by atoms with Crippen LogP contribution in [0.1, 0.15) is 64.8 Å². The fourth-order valence-corrected chi connectivity index (χ4v) is 5.23. The third kappa shape index (κ3) is 1.74. The van der Waals surface area contributed by atoms with Gasteiger partial charge in [0.25, 0.3) is 0 Å². The van der Waals surface area contributed by atoms with Gasteiger partial charge in [-0.1, -0.05) is 6.42 Å². The summed E-state index contributed by atoms with van der Waals surface area (Å²) in [6.07, 6.45) is 5.04. The number of hydrogen-bond donors (Lipinski definition) is 0. The van der Waals surface area contributed by atoms with E-state index in [4.69, 9.17) is 9.15 Å². The maximum Gasteiger partial charge on any atom is 0.374 e.